The molecule has 30 heavy (non-hydrogen) atoms. The molecule has 0 bridgehead atoms. The Labute approximate surface area is 178 Å². The number of aryl methyl sites for hydroxylation is 1. The number of carbonyl (C=O) groups is 2. The minimum absolute atomic E-state index is 0.0626. The van der Waals surface area contributed by atoms with Gasteiger partial charge in [0.1, 0.15) is 15.7 Å². The summed E-state index contributed by atoms with van der Waals surface area (Å²) in [4.78, 5) is 34.5. The summed E-state index contributed by atoms with van der Waals surface area (Å²) in [5, 5.41) is 0.822. The van der Waals surface area contributed by atoms with Crippen molar-refractivity contribution in [3.05, 3.63) is 76.5 Å². The molecule has 2 amide bonds. The van der Waals surface area contributed by atoms with Crippen LogP contribution in [0.2, 0.25) is 0 Å². The maximum absolute atomic E-state index is 14.0. The van der Waals surface area contributed by atoms with Crippen LogP contribution in [0, 0.1) is 12.7 Å². The Morgan fingerprint density at radius 1 is 0.900 bits per heavy atom. The van der Waals surface area contributed by atoms with E-state index >= 15 is 0 Å². The van der Waals surface area contributed by atoms with Crippen LogP contribution in [-0.4, -0.2) is 52.8 Å². The van der Waals surface area contributed by atoms with E-state index in [2.05, 4.69) is 4.98 Å². The Morgan fingerprint density at radius 3 is 2.23 bits per heavy atom. The molecule has 3 aromatic rings. The molecule has 0 atom stereocenters. The molecule has 0 saturated carbocycles. The van der Waals surface area contributed by atoms with E-state index in [4.69, 9.17) is 0 Å². The first-order valence-corrected chi connectivity index (χ1v) is 10.7. The molecular formula is C23H22FN3O2S. The molecule has 154 valence electrons. The van der Waals surface area contributed by atoms with Gasteiger partial charge in [-0.1, -0.05) is 42.5 Å². The number of carbonyl (C=O) groups excluding carboxylic acids is 2. The third-order valence-corrected chi connectivity index (χ3v) is 6.38. The molecule has 2 aromatic carbocycles. The largest absolute Gasteiger partial charge is 0.337 e. The monoisotopic (exact) mass is 423 g/mol. The van der Waals surface area contributed by atoms with Crippen LogP contribution in [0.15, 0.2) is 54.6 Å². The average molecular weight is 424 g/mol. The SMILES string of the molecule is Cc1nc(-c2ccccc2)sc1C(=O)N1CCCN(C(=O)c2ccccc2F)CC1. The topological polar surface area (TPSA) is 53.5 Å². The molecule has 4 rings (SSSR count). The third kappa shape index (κ3) is 4.11. The van der Waals surface area contributed by atoms with E-state index in [0.717, 1.165) is 10.6 Å². The van der Waals surface area contributed by atoms with Gasteiger partial charge in [-0.15, -0.1) is 11.3 Å². The number of thiazole rings is 1. The summed E-state index contributed by atoms with van der Waals surface area (Å²) < 4.78 is 14.0. The van der Waals surface area contributed by atoms with Gasteiger partial charge in [0, 0.05) is 31.7 Å². The van der Waals surface area contributed by atoms with Gasteiger partial charge in [-0.25, -0.2) is 9.37 Å². The lowest BCUT2D eigenvalue weighted by atomic mass is 10.2. The zero-order chi connectivity index (χ0) is 21.1. The molecule has 5 nitrogen and oxygen atoms in total. The second-order valence-corrected chi connectivity index (χ2v) is 8.22. The van der Waals surface area contributed by atoms with Crippen LogP contribution < -0.4 is 0 Å². The minimum Gasteiger partial charge on any atom is -0.337 e. The number of rotatable bonds is 3. The molecule has 1 fully saturated rings. The van der Waals surface area contributed by atoms with Gasteiger partial charge in [-0.3, -0.25) is 9.59 Å². The van der Waals surface area contributed by atoms with E-state index < -0.39 is 5.82 Å². The zero-order valence-electron chi connectivity index (χ0n) is 16.7. The van der Waals surface area contributed by atoms with Gasteiger partial charge in [0.05, 0.1) is 11.3 Å². The van der Waals surface area contributed by atoms with Crippen molar-refractivity contribution in [1.29, 1.82) is 0 Å². The molecule has 0 aliphatic carbocycles. The van der Waals surface area contributed by atoms with Crippen LogP contribution in [0.25, 0.3) is 10.6 Å². The quantitative estimate of drug-likeness (QED) is 0.633. The maximum Gasteiger partial charge on any atom is 0.265 e. The predicted octanol–water partition coefficient (Wildman–Crippen LogP) is 4.25. The van der Waals surface area contributed by atoms with E-state index in [1.54, 1.807) is 21.9 Å². The maximum atomic E-state index is 14.0. The van der Waals surface area contributed by atoms with Crippen molar-refractivity contribution in [1.82, 2.24) is 14.8 Å². The van der Waals surface area contributed by atoms with Gasteiger partial charge in [0.25, 0.3) is 11.8 Å². The summed E-state index contributed by atoms with van der Waals surface area (Å²) in [7, 11) is 0. The highest BCUT2D eigenvalue weighted by atomic mass is 32.1. The summed E-state index contributed by atoms with van der Waals surface area (Å²) in [6.07, 6.45) is 0.648. The molecule has 7 heteroatoms. The molecule has 1 aromatic heterocycles. The Bertz CT molecular complexity index is 1070. The third-order valence-electron chi connectivity index (χ3n) is 5.19. The van der Waals surface area contributed by atoms with Crippen molar-refractivity contribution in [3.63, 3.8) is 0 Å². The lowest BCUT2D eigenvalue weighted by molar-refractivity contribution is 0.0718. The summed E-state index contributed by atoms with van der Waals surface area (Å²) in [6.45, 7) is 3.69. The highest BCUT2D eigenvalue weighted by molar-refractivity contribution is 7.17. The number of hydrogen-bond donors (Lipinski definition) is 0. The van der Waals surface area contributed by atoms with E-state index in [9.17, 15) is 14.0 Å². The van der Waals surface area contributed by atoms with Gasteiger partial charge in [0.15, 0.2) is 0 Å². The normalized spacial score (nSPS) is 14.5. The second kappa shape index (κ2) is 8.75. The molecule has 1 aliphatic heterocycles. The van der Waals surface area contributed by atoms with Crippen LogP contribution in [0.1, 0.15) is 32.1 Å². The Kier molecular flexibility index (Phi) is 5.90. The number of amides is 2. The molecule has 0 spiro atoms. The second-order valence-electron chi connectivity index (χ2n) is 7.22. The number of aromatic nitrogens is 1. The molecular weight excluding hydrogens is 401 g/mol. The Balaban J connectivity index is 1.47. The van der Waals surface area contributed by atoms with Gasteiger partial charge < -0.3 is 9.80 Å². The van der Waals surface area contributed by atoms with Gasteiger partial charge in [-0.05, 0) is 25.5 Å². The first kappa shape index (κ1) is 20.2. The van der Waals surface area contributed by atoms with Gasteiger partial charge in [-0.2, -0.15) is 0 Å². The van der Waals surface area contributed by atoms with Crippen molar-refractivity contribution in [2.45, 2.75) is 13.3 Å². The summed E-state index contributed by atoms with van der Waals surface area (Å²) >= 11 is 1.39. The standard InChI is InChI=1S/C23H22FN3O2S/c1-16-20(30-21(25-16)17-8-3-2-4-9-17)23(29)27-13-7-12-26(14-15-27)22(28)18-10-5-6-11-19(18)24/h2-6,8-11H,7,12-15H2,1H3. The zero-order valence-corrected chi connectivity index (χ0v) is 17.5. The minimum atomic E-state index is -0.520. The van der Waals surface area contributed by atoms with Crippen LogP contribution in [0.5, 0.6) is 0 Å². The van der Waals surface area contributed by atoms with Crippen molar-refractivity contribution in [2.75, 3.05) is 26.2 Å². The van der Waals surface area contributed by atoms with Crippen molar-refractivity contribution in [3.8, 4) is 10.6 Å². The summed E-state index contributed by atoms with van der Waals surface area (Å²) in [6, 6.07) is 15.8. The van der Waals surface area contributed by atoms with Crippen LogP contribution in [0.4, 0.5) is 4.39 Å². The van der Waals surface area contributed by atoms with E-state index in [-0.39, 0.29) is 17.4 Å². The highest BCUT2D eigenvalue weighted by Gasteiger charge is 2.27. The fourth-order valence-electron chi connectivity index (χ4n) is 3.57. The van der Waals surface area contributed by atoms with E-state index in [0.29, 0.717) is 43.2 Å². The van der Waals surface area contributed by atoms with Crippen molar-refractivity contribution < 1.29 is 14.0 Å². The fraction of sp³-hybridized carbons (Fsp3) is 0.261. The van der Waals surface area contributed by atoms with E-state index in [1.165, 1.54) is 23.5 Å². The fourth-order valence-corrected chi connectivity index (χ4v) is 4.61. The van der Waals surface area contributed by atoms with Crippen LogP contribution in [0.3, 0.4) is 0 Å². The van der Waals surface area contributed by atoms with Crippen molar-refractivity contribution in [2.24, 2.45) is 0 Å². The van der Waals surface area contributed by atoms with Crippen LogP contribution >= 0.6 is 11.3 Å². The Morgan fingerprint density at radius 2 is 1.53 bits per heavy atom. The van der Waals surface area contributed by atoms with Gasteiger partial charge in [0.2, 0.25) is 0 Å². The molecule has 0 N–H and O–H groups in total. The van der Waals surface area contributed by atoms with Crippen LogP contribution in [-0.2, 0) is 0 Å². The molecule has 0 unspecified atom stereocenters. The number of halogens is 1. The summed E-state index contributed by atoms with van der Waals surface area (Å²) in [5.74, 6) is -0.913. The lowest BCUT2D eigenvalue weighted by Crippen LogP contribution is -2.37. The number of hydrogen-bond acceptors (Lipinski definition) is 4. The summed E-state index contributed by atoms with van der Waals surface area (Å²) in [5.41, 5.74) is 1.78. The van der Waals surface area contributed by atoms with E-state index in [1.807, 2.05) is 37.3 Å². The first-order chi connectivity index (χ1) is 14.5. The smallest absolute Gasteiger partial charge is 0.265 e. The lowest BCUT2D eigenvalue weighted by Gasteiger charge is -2.22. The Hall–Kier alpha value is -3.06. The molecule has 2 heterocycles. The van der Waals surface area contributed by atoms with Gasteiger partial charge >= 0.3 is 0 Å². The average Bonchev–Trinajstić information content (AvgIpc) is 2.99. The molecule has 1 aliphatic rings. The number of benzene rings is 2. The number of nitrogens with zero attached hydrogens (tertiary/aromatic N) is 3. The van der Waals surface area contributed by atoms with Crippen molar-refractivity contribution >= 4 is 23.2 Å². The first-order valence-electron chi connectivity index (χ1n) is 9.90. The predicted molar refractivity (Wildman–Crippen MR) is 115 cm³/mol. The highest BCUT2D eigenvalue weighted by Crippen LogP contribution is 2.29. The molecule has 0 radical (unpaired) electrons. The molecule has 1 saturated heterocycles.